The molecule has 2 unspecified atom stereocenters. The minimum Gasteiger partial charge on any atom is -0.398 e. The van der Waals surface area contributed by atoms with Gasteiger partial charge in [-0.1, -0.05) is 11.6 Å². The van der Waals surface area contributed by atoms with E-state index in [2.05, 4.69) is 0 Å². The van der Waals surface area contributed by atoms with Crippen molar-refractivity contribution in [3.05, 3.63) is 23.2 Å². The highest BCUT2D eigenvalue weighted by Gasteiger charge is 2.18. The summed E-state index contributed by atoms with van der Waals surface area (Å²) in [6.07, 6.45) is 3.34. The Balaban J connectivity index is 2.03. The molecule has 0 aliphatic carbocycles. The van der Waals surface area contributed by atoms with E-state index in [9.17, 15) is 4.21 Å². The van der Waals surface area contributed by atoms with Gasteiger partial charge in [0.25, 0.3) is 0 Å². The highest BCUT2D eigenvalue weighted by Crippen LogP contribution is 2.23. The summed E-state index contributed by atoms with van der Waals surface area (Å²) in [5, 5.41) is 0.567. The molecule has 2 rings (SSSR count). The molecule has 0 spiro atoms. The van der Waals surface area contributed by atoms with Gasteiger partial charge in [0.05, 0.1) is 27.6 Å². The number of rotatable bonds is 3. The molecule has 2 atom stereocenters. The molecule has 1 fully saturated rings. The topological polar surface area (TPSA) is 52.3 Å². The van der Waals surface area contributed by atoms with Crippen LogP contribution >= 0.6 is 11.6 Å². The molecule has 1 aromatic carbocycles. The Labute approximate surface area is 109 Å². The summed E-state index contributed by atoms with van der Waals surface area (Å²) in [6, 6.07) is 5.08. The van der Waals surface area contributed by atoms with E-state index >= 15 is 0 Å². The minimum absolute atomic E-state index is 0.0969. The Morgan fingerprint density at radius 2 is 2.29 bits per heavy atom. The monoisotopic (exact) mass is 273 g/mol. The smallest absolute Gasteiger partial charge is 0.0693 e. The first-order valence-corrected chi connectivity index (χ1v) is 7.41. The van der Waals surface area contributed by atoms with Crippen LogP contribution in [-0.2, 0) is 15.5 Å². The van der Waals surface area contributed by atoms with Crippen LogP contribution < -0.4 is 5.73 Å². The van der Waals surface area contributed by atoms with Gasteiger partial charge < -0.3 is 10.5 Å². The number of nitrogen functional groups attached to an aromatic ring is 1. The summed E-state index contributed by atoms with van der Waals surface area (Å²) in [7, 11) is -1.11. The molecule has 0 bridgehead atoms. The highest BCUT2D eigenvalue weighted by molar-refractivity contribution is 7.85. The normalized spacial score (nSPS) is 22.3. The third-order valence-corrected chi connectivity index (χ3v) is 4.60. The fourth-order valence-electron chi connectivity index (χ4n) is 1.92. The molecule has 1 aliphatic heterocycles. The van der Waals surface area contributed by atoms with Gasteiger partial charge in [0.15, 0.2) is 0 Å². The summed E-state index contributed by atoms with van der Waals surface area (Å²) in [6.45, 7) is 0.776. The fourth-order valence-corrected chi connectivity index (χ4v) is 3.43. The third kappa shape index (κ3) is 3.44. The van der Waals surface area contributed by atoms with E-state index in [0.717, 1.165) is 25.9 Å². The second kappa shape index (κ2) is 5.85. The number of hydrogen-bond acceptors (Lipinski definition) is 3. The number of ether oxygens (including phenoxy) is 1. The quantitative estimate of drug-likeness (QED) is 0.862. The van der Waals surface area contributed by atoms with Gasteiger partial charge in [-0.25, -0.2) is 0 Å². The van der Waals surface area contributed by atoms with Crippen LogP contribution in [0.3, 0.4) is 0 Å². The van der Waals surface area contributed by atoms with Crippen molar-refractivity contribution in [2.75, 3.05) is 18.1 Å². The van der Waals surface area contributed by atoms with Crippen LogP contribution in [0.2, 0.25) is 5.02 Å². The second-order valence-electron chi connectivity index (χ2n) is 4.18. The van der Waals surface area contributed by atoms with Crippen LogP contribution in [0.25, 0.3) is 0 Å². The molecule has 17 heavy (non-hydrogen) atoms. The van der Waals surface area contributed by atoms with Crippen molar-refractivity contribution < 1.29 is 8.95 Å². The Morgan fingerprint density at radius 3 is 2.94 bits per heavy atom. The van der Waals surface area contributed by atoms with Crippen LogP contribution in [-0.4, -0.2) is 22.7 Å². The Bertz CT molecular complexity index is 419. The first kappa shape index (κ1) is 12.9. The number of hydrogen-bond donors (Lipinski definition) is 1. The highest BCUT2D eigenvalue weighted by atomic mass is 35.5. The van der Waals surface area contributed by atoms with E-state index in [1.165, 1.54) is 0 Å². The standard InChI is InChI=1S/C12H16ClNO2S/c13-9-4-5-12(11(14)7-9)17(15)8-10-3-1-2-6-16-10/h4-5,7,10H,1-3,6,8,14H2. The molecule has 1 saturated heterocycles. The molecule has 0 saturated carbocycles. The SMILES string of the molecule is Nc1cc(Cl)ccc1S(=O)CC1CCCCO1. The van der Waals surface area contributed by atoms with Crippen molar-refractivity contribution in [3.63, 3.8) is 0 Å². The van der Waals surface area contributed by atoms with Crippen molar-refractivity contribution in [3.8, 4) is 0 Å². The largest absolute Gasteiger partial charge is 0.398 e. The second-order valence-corrected chi connectivity index (χ2v) is 6.08. The Kier molecular flexibility index (Phi) is 4.42. The predicted molar refractivity (Wildman–Crippen MR) is 70.7 cm³/mol. The number of anilines is 1. The summed E-state index contributed by atoms with van der Waals surface area (Å²) >= 11 is 5.81. The van der Waals surface area contributed by atoms with Crippen LogP contribution in [0.5, 0.6) is 0 Å². The molecule has 94 valence electrons. The zero-order valence-electron chi connectivity index (χ0n) is 9.52. The summed E-state index contributed by atoms with van der Waals surface area (Å²) < 4.78 is 17.7. The van der Waals surface area contributed by atoms with Gasteiger partial charge in [-0.05, 0) is 37.5 Å². The maximum Gasteiger partial charge on any atom is 0.0693 e. The lowest BCUT2D eigenvalue weighted by atomic mass is 10.1. The average molecular weight is 274 g/mol. The van der Waals surface area contributed by atoms with Crippen LogP contribution in [0.4, 0.5) is 5.69 Å². The number of nitrogens with two attached hydrogens (primary N) is 1. The summed E-state index contributed by atoms with van der Waals surface area (Å²) in [4.78, 5) is 0.656. The fraction of sp³-hybridized carbons (Fsp3) is 0.500. The van der Waals surface area contributed by atoms with Gasteiger partial charge in [-0.2, -0.15) is 0 Å². The lowest BCUT2D eigenvalue weighted by Gasteiger charge is -2.22. The van der Waals surface area contributed by atoms with Crippen molar-refractivity contribution in [2.24, 2.45) is 0 Å². The van der Waals surface area contributed by atoms with Crippen molar-refractivity contribution >= 4 is 28.1 Å². The van der Waals surface area contributed by atoms with Crippen LogP contribution in [0.15, 0.2) is 23.1 Å². The van der Waals surface area contributed by atoms with Crippen LogP contribution in [0, 0.1) is 0 Å². The van der Waals surface area contributed by atoms with Gasteiger partial charge in [-0.3, -0.25) is 4.21 Å². The Hall–Kier alpha value is -0.580. The average Bonchev–Trinajstić information content (AvgIpc) is 2.30. The van der Waals surface area contributed by atoms with Gasteiger partial charge in [0.2, 0.25) is 0 Å². The molecular weight excluding hydrogens is 258 g/mol. The summed E-state index contributed by atoms with van der Waals surface area (Å²) in [5.41, 5.74) is 6.30. The predicted octanol–water partition coefficient (Wildman–Crippen LogP) is 2.60. The number of halogens is 1. The van der Waals surface area contributed by atoms with E-state index in [0.29, 0.717) is 21.4 Å². The molecular formula is C12H16ClNO2S. The summed E-state index contributed by atoms with van der Waals surface area (Å²) in [5.74, 6) is 0.520. The molecule has 1 aliphatic rings. The number of benzene rings is 1. The molecule has 2 N–H and O–H groups in total. The molecule has 5 heteroatoms. The zero-order chi connectivity index (χ0) is 12.3. The lowest BCUT2D eigenvalue weighted by molar-refractivity contribution is 0.0310. The van der Waals surface area contributed by atoms with E-state index in [1.54, 1.807) is 18.2 Å². The molecule has 3 nitrogen and oxygen atoms in total. The van der Waals surface area contributed by atoms with E-state index < -0.39 is 10.8 Å². The molecule has 0 radical (unpaired) electrons. The van der Waals surface area contributed by atoms with E-state index in [-0.39, 0.29) is 6.10 Å². The molecule has 0 amide bonds. The van der Waals surface area contributed by atoms with Gasteiger partial charge in [0, 0.05) is 17.3 Å². The molecule has 0 aromatic heterocycles. The molecule has 1 aromatic rings. The van der Waals surface area contributed by atoms with E-state index in [1.807, 2.05) is 0 Å². The van der Waals surface area contributed by atoms with E-state index in [4.69, 9.17) is 22.1 Å². The van der Waals surface area contributed by atoms with Crippen molar-refractivity contribution in [2.45, 2.75) is 30.3 Å². The maximum atomic E-state index is 12.2. The maximum absolute atomic E-state index is 12.2. The zero-order valence-corrected chi connectivity index (χ0v) is 11.1. The Morgan fingerprint density at radius 1 is 1.47 bits per heavy atom. The molecule has 1 heterocycles. The minimum atomic E-state index is -1.11. The van der Waals surface area contributed by atoms with Crippen LogP contribution in [0.1, 0.15) is 19.3 Å². The third-order valence-electron chi connectivity index (χ3n) is 2.83. The van der Waals surface area contributed by atoms with Gasteiger partial charge in [0.1, 0.15) is 0 Å². The van der Waals surface area contributed by atoms with Crippen molar-refractivity contribution in [1.82, 2.24) is 0 Å². The van der Waals surface area contributed by atoms with Gasteiger partial charge in [-0.15, -0.1) is 0 Å². The lowest BCUT2D eigenvalue weighted by Crippen LogP contribution is -2.25. The first-order valence-electron chi connectivity index (χ1n) is 5.72. The van der Waals surface area contributed by atoms with Gasteiger partial charge >= 0.3 is 0 Å². The van der Waals surface area contributed by atoms with Crippen molar-refractivity contribution in [1.29, 1.82) is 0 Å². The first-order chi connectivity index (χ1) is 8.16.